The largest absolute Gasteiger partial charge is 0.480 e. The lowest BCUT2D eigenvalue weighted by Gasteiger charge is -2.12. The summed E-state index contributed by atoms with van der Waals surface area (Å²) in [6, 6.07) is -0.993. The average Bonchev–Trinajstić information content (AvgIpc) is 2.72. The number of nitrogens with zero attached hydrogens (tertiary/aromatic N) is 1. The van der Waals surface area contributed by atoms with E-state index in [0.29, 0.717) is 5.13 Å². The van der Waals surface area contributed by atoms with Crippen LogP contribution in [-0.4, -0.2) is 45.4 Å². The van der Waals surface area contributed by atoms with Crippen molar-refractivity contribution in [1.29, 1.82) is 0 Å². The van der Waals surface area contributed by atoms with Crippen LogP contribution in [0.15, 0.2) is 5.38 Å². The van der Waals surface area contributed by atoms with Gasteiger partial charge in [0.05, 0.1) is 11.4 Å². The fourth-order valence-electron chi connectivity index (χ4n) is 1.26. The maximum Gasteiger partial charge on any atom is 0.327 e. The second-order valence-electron chi connectivity index (χ2n) is 3.95. The van der Waals surface area contributed by atoms with Gasteiger partial charge in [-0.2, -0.15) is 0 Å². The molecule has 0 aromatic carbocycles. The first-order chi connectivity index (χ1) is 9.38. The number of rotatable bonds is 7. The van der Waals surface area contributed by atoms with E-state index in [9.17, 15) is 14.4 Å². The summed E-state index contributed by atoms with van der Waals surface area (Å²) in [5.41, 5.74) is 0.828. The Morgan fingerprint density at radius 2 is 2.20 bits per heavy atom. The zero-order valence-corrected chi connectivity index (χ0v) is 12.6. The Bertz CT molecular complexity index is 504. The molecule has 9 heteroatoms. The first kappa shape index (κ1) is 16.4. The Morgan fingerprint density at radius 1 is 1.50 bits per heavy atom. The van der Waals surface area contributed by atoms with Crippen molar-refractivity contribution in [2.24, 2.45) is 0 Å². The molecule has 1 aromatic rings. The predicted molar refractivity (Wildman–Crippen MR) is 78.0 cm³/mol. The number of nitrogens with one attached hydrogen (secondary N) is 2. The third kappa shape index (κ3) is 6.02. The Hall–Kier alpha value is -1.61. The Balaban J connectivity index is 2.33. The number of carboxylic acid groups (broad SMARTS) is 1. The zero-order chi connectivity index (χ0) is 15.1. The minimum Gasteiger partial charge on any atom is -0.480 e. The molecule has 1 atom stereocenters. The van der Waals surface area contributed by atoms with Gasteiger partial charge < -0.3 is 15.7 Å². The van der Waals surface area contributed by atoms with Crippen LogP contribution in [0, 0.1) is 6.92 Å². The summed E-state index contributed by atoms with van der Waals surface area (Å²) in [7, 11) is 0. The minimum atomic E-state index is -1.12. The molecule has 7 nitrogen and oxygen atoms in total. The summed E-state index contributed by atoms with van der Waals surface area (Å²) in [5, 5.41) is 16.2. The highest BCUT2D eigenvalue weighted by Crippen LogP contribution is 2.15. The normalized spacial score (nSPS) is 11.7. The molecular formula is C11H15N3O4S2. The number of thiazole rings is 1. The van der Waals surface area contributed by atoms with E-state index >= 15 is 0 Å². The summed E-state index contributed by atoms with van der Waals surface area (Å²) >= 11 is 2.46. The van der Waals surface area contributed by atoms with Gasteiger partial charge in [-0.15, -0.1) is 23.1 Å². The lowest BCUT2D eigenvalue weighted by molar-refractivity contribution is -0.140. The molecule has 0 radical (unpaired) electrons. The van der Waals surface area contributed by atoms with E-state index in [1.807, 2.05) is 12.3 Å². The number of aryl methyl sites for hydroxylation is 1. The Labute approximate surface area is 124 Å². The zero-order valence-electron chi connectivity index (χ0n) is 11.0. The molecule has 0 saturated heterocycles. The summed E-state index contributed by atoms with van der Waals surface area (Å²) in [5.74, 6) is -1.57. The van der Waals surface area contributed by atoms with Crippen LogP contribution in [0.3, 0.4) is 0 Å². The Morgan fingerprint density at radius 3 is 2.70 bits per heavy atom. The number of thioether (sulfide) groups is 1. The van der Waals surface area contributed by atoms with E-state index in [1.165, 1.54) is 18.3 Å². The van der Waals surface area contributed by atoms with Crippen LogP contribution >= 0.6 is 23.1 Å². The molecule has 0 aliphatic carbocycles. The average molecular weight is 317 g/mol. The van der Waals surface area contributed by atoms with Gasteiger partial charge in [-0.25, -0.2) is 9.78 Å². The van der Waals surface area contributed by atoms with E-state index in [4.69, 9.17) is 5.11 Å². The number of carbonyl (C=O) groups is 3. The van der Waals surface area contributed by atoms with Crippen LogP contribution in [0.2, 0.25) is 0 Å². The maximum atomic E-state index is 11.6. The molecule has 3 N–H and O–H groups in total. The van der Waals surface area contributed by atoms with Crippen LogP contribution in [-0.2, 0) is 14.4 Å². The van der Waals surface area contributed by atoms with Crippen molar-refractivity contribution in [2.75, 3.05) is 16.8 Å². The fraction of sp³-hybridized carbons (Fsp3) is 0.455. The highest BCUT2D eigenvalue weighted by molar-refractivity contribution is 8.00. The van der Waals surface area contributed by atoms with Gasteiger partial charge in [0.2, 0.25) is 11.8 Å². The van der Waals surface area contributed by atoms with E-state index in [0.717, 1.165) is 17.5 Å². The topological polar surface area (TPSA) is 108 Å². The molecule has 0 aliphatic rings. The van der Waals surface area contributed by atoms with Gasteiger partial charge in [0, 0.05) is 18.1 Å². The highest BCUT2D eigenvalue weighted by atomic mass is 32.2. The SMILES string of the molecule is CC(=O)N[C@@H](CSCC(=O)Nc1nc(C)cs1)C(=O)O. The van der Waals surface area contributed by atoms with E-state index in [2.05, 4.69) is 15.6 Å². The molecule has 1 rings (SSSR count). The van der Waals surface area contributed by atoms with E-state index in [1.54, 1.807) is 0 Å². The summed E-state index contributed by atoms with van der Waals surface area (Å²) in [6.07, 6.45) is 0. The second kappa shape index (κ2) is 7.85. The van der Waals surface area contributed by atoms with Crippen molar-refractivity contribution in [3.8, 4) is 0 Å². The van der Waals surface area contributed by atoms with Crippen molar-refractivity contribution in [3.05, 3.63) is 11.1 Å². The van der Waals surface area contributed by atoms with Gasteiger partial charge in [0.15, 0.2) is 5.13 Å². The molecule has 1 aromatic heterocycles. The first-order valence-electron chi connectivity index (χ1n) is 5.68. The molecule has 0 fully saturated rings. The Kier molecular flexibility index (Phi) is 6.46. The van der Waals surface area contributed by atoms with Crippen LogP contribution < -0.4 is 10.6 Å². The number of aliphatic carboxylic acids is 1. The van der Waals surface area contributed by atoms with Crippen molar-refractivity contribution < 1.29 is 19.5 Å². The van der Waals surface area contributed by atoms with Gasteiger partial charge in [-0.3, -0.25) is 9.59 Å². The molecule has 1 heterocycles. The minimum absolute atomic E-state index is 0.0992. The predicted octanol–water partition coefficient (Wildman–Crippen LogP) is 0.713. The smallest absolute Gasteiger partial charge is 0.327 e. The molecular weight excluding hydrogens is 302 g/mol. The van der Waals surface area contributed by atoms with Crippen LogP contribution in [0.4, 0.5) is 5.13 Å². The van der Waals surface area contributed by atoms with Gasteiger partial charge >= 0.3 is 5.97 Å². The molecule has 20 heavy (non-hydrogen) atoms. The van der Waals surface area contributed by atoms with Gasteiger partial charge in [0.1, 0.15) is 6.04 Å². The monoisotopic (exact) mass is 317 g/mol. The number of carboxylic acids is 1. The summed E-state index contributed by atoms with van der Waals surface area (Å²) < 4.78 is 0. The second-order valence-corrected chi connectivity index (χ2v) is 5.84. The molecule has 0 spiro atoms. The molecule has 0 saturated carbocycles. The first-order valence-corrected chi connectivity index (χ1v) is 7.71. The molecule has 0 unspecified atom stereocenters. The molecule has 2 amide bonds. The third-order valence-electron chi connectivity index (χ3n) is 2.06. The number of hydrogen-bond donors (Lipinski definition) is 3. The van der Waals surface area contributed by atoms with Crippen LogP contribution in [0.1, 0.15) is 12.6 Å². The van der Waals surface area contributed by atoms with Gasteiger partial charge in [-0.1, -0.05) is 0 Å². The molecule has 0 bridgehead atoms. The van der Waals surface area contributed by atoms with Crippen molar-refractivity contribution >= 4 is 46.0 Å². The fourth-order valence-corrected chi connectivity index (χ4v) is 2.80. The van der Waals surface area contributed by atoms with Crippen LogP contribution in [0.25, 0.3) is 0 Å². The standard InChI is InChI=1S/C11H15N3O4S2/c1-6-3-20-11(12-6)14-9(16)5-19-4-8(10(17)18)13-7(2)15/h3,8H,4-5H2,1-2H3,(H,13,15)(H,17,18)(H,12,14,16)/t8-/m0/s1. The van der Waals surface area contributed by atoms with Gasteiger partial charge in [0.25, 0.3) is 0 Å². The summed E-state index contributed by atoms with van der Waals surface area (Å²) in [6.45, 7) is 3.07. The van der Waals surface area contributed by atoms with E-state index < -0.39 is 17.9 Å². The van der Waals surface area contributed by atoms with Crippen molar-refractivity contribution in [1.82, 2.24) is 10.3 Å². The quantitative estimate of drug-likeness (QED) is 0.683. The number of carbonyl (C=O) groups excluding carboxylic acids is 2. The van der Waals surface area contributed by atoms with E-state index in [-0.39, 0.29) is 17.4 Å². The molecule has 0 aliphatic heterocycles. The molecule has 110 valence electrons. The highest BCUT2D eigenvalue weighted by Gasteiger charge is 2.18. The lowest BCUT2D eigenvalue weighted by Crippen LogP contribution is -2.41. The maximum absolute atomic E-state index is 11.6. The number of aromatic nitrogens is 1. The van der Waals surface area contributed by atoms with Crippen LogP contribution in [0.5, 0.6) is 0 Å². The number of amides is 2. The van der Waals surface area contributed by atoms with Gasteiger partial charge in [-0.05, 0) is 6.92 Å². The third-order valence-corrected chi connectivity index (χ3v) is 3.97. The summed E-state index contributed by atoms with van der Waals surface area (Å²) in [4.78, 5) is 37.4. The number of hydrogen-bond acceptors (Lipinski definition) is 6. The lowest BCUT2D eigenvalue weighted by atomic mass is 10.3. The van der Waals surface area contributed by atoms with Crippen molar-refractivity contribution in [3.63, 3.8) is 0 Å². The number of anilines is 1. The van der Waals surface area contributed by atoms with Crippen molar-refractivity contribution in [2.45, 2.75) is 19.9 Å².